The van der Waals surface area contributed by atoms with Crippen LogP contribution in [0.4, 0.5) is 13.2 Å². The highest BCUT2D eigenvalue weighted by atomic mass is 19.4. The van der Waals surface area contributed by atoms with Crippen molar-refractivity contribution in [3.8, 4) is 0 Å². The molecule has 0 radical (unpaired) electrons. The molecule has 20 heavy (non-hydrogen) atoms. The molecule has 2 aromatic heterocycles. The van der Waals surface area contributed by atoms with Gasteiger partial charge in [0.2, 0.25) is 0 Å². The summed E-state index contributed by atoms with van der Waals surface area (Å²) in [7, 11) is 0. The predicted octanol–water partition coefficient (Wildman–Crippen LogP) is 2.82. The molecule has 0 N–H and O–H groups in total. The van der Waals surface area contributed by atoms with E-state index in [1.807, 2.05) is 0 Å². The molecule has 0 amide bonds. The van der Waals surface area contributed by atoms with Gasteiger partial charge in [0.1, 0.15) is 12.3 Å². The van der Waals surface area contributed by atoms with Crippen LogP contribution in [0.5, 0.6) is 0 Å². The van der Waals surface area contributed by atoms with Crippen molar-refractivity contribution in [1.82, 2.24) is 9.55 Å². The number of pyridine rings is 1. The molecule has 2 heterocycles. The summed E-state index contributed by atoms with van der Waals surface area (Å²) < 4.78 is 41.9. The molecule has 0 aliphatic heterocycles. The van der Waals surface area contributed by atoms with Crippen LogP contribution in [-0.4, -0.2) is 35.2 Å². The monoisotopic (exact) mass is 286 g/mol. The second-order valence-corrected chi connectivity index (χ2v) is 4.29. The fraction of sp³-hybridized carbons (Fsp3) is 0.385. The van der Waals surface area contributed by atoms with Gasteiger partial charge in [0.25, 0.3) is 0 Å². The van der Waals surface area contributed by atoms with E-state index in [1.54, 1.807) is 29.1 Å². The first kappa shape index (κ1) is 14.5. The maximum atomic E-state index is 11.9. The number of nitrogens with zero attached hydrogens (tertiary/aromatic N) is 2. The van der Waals surface area contributed by atoms with Crippen molar-refractivity contribution in [3.63, 3.8) is 0 Å². The summed E-state index contributed by atoms with van der Waals surface area (Å²) in [5.74, 6) is 0. The van der Waals surface area contributed by atoms with E-state index < -0.39 is 12.8 Å². The molecule has 0 fully saturated rings. The molecule has 4 nitrogen and oxygen atoms in total. The van der Waals surface area contributed by atoms with Crippen molar-refractivity contribution in [1.29, 1.82) is 0 Å². The van der Waals surface area contributed by atoms with Crippen LogP contribution in [-0.2, 0) is 11.3 Å². The lowest BCUT2D eigenvalue weighted by Gasteiger charge is -2.08. The average Bonchev–Trinajstić information content (AvgIpc) is 2.76. The Morgan fingerprint density at radius 1 is 1.40 bits per heavy atom. The molecule has 0 atom stereocenters. The third-order valence-corrected chi connectivity index (χ3v) is 2.75. The summed E-state index contributed by atoms with van der Waals surface area (Å²) in [6, 6.07) is 3.51. The van der Waals surface area contributed by atoms with Gasteiger partial charge in [-0.2, -0.15) is 13.2 Å². The Morgan fingerprint density at radius 2 is 2.20 bits per heavy atom. The largest absolute Gasteiger partial charge is 0.411 e. The molecule has 7 heteroatoms. The van der Waals surface area contributed by atoms with E-state index in [0.717, 1.165) is 11.7 Å². The number of ether oxygens (including phenoxy) is 1. The highest BCUT2D eigenvalue weighted by Gasteiger charge is 2.27. The number of hydrogen-bond acceptors (Lipinski definition) is 3. The summed E-state index contributed by atoms with van der Waals surface area (Å²) in [6.45, 7) is -0.793. The Labute approximate surface area is 113 Å². The Morgan fingerprint density at radius 3 is 2.90 bits per heavy atom. The second-order valence-electron chi connectivity index (χ2n) is 4.29. The number of aryl methyl sites for hydroxylation is 1. The molecule has 0 unspecified atom stereocenters. The molecule has 0 spiro atoms. The Bertz CT molecular complexity index is 593. The first-order chi connectivity index (χ1) is 9.51. The number of carbonyl (C=O) groups excluding carboxylic acids is 1. The van der Waals surface area contributed by atoms with Gasteiger partial charge in [-0.05, 0) is 18.6 Å². The lowest BCUT2D eigenvalue weighted by atomic mass is 10.2. The molecule has 108 valence electrons. The maximum Gasteiger partial charge on any atom is 0.411 e. The minimum Gasteiger partial charge on any atom is -0.372 e. The van der Waals surface area contributed by atoms with Gasteiger partial charge < -0.3 is 9.30 Å². The quantitative estimate of drug-likeness (QED) is 0.606. The van der Waals surface area contributed by atoms with Gasteiger partial charge in [-0.15, -0.1) is 0 Å². The first-order valence-electron chi connectivity index (χ1n) is 6.05. The minimum absolute atomic E-state index is 0.00242. The van der Waals surface area contributed by atoms with E-state index in [2.05, 4.69) is 9.72 Å². The number of rotatable bonds is 6. The Balaban J connectivity index is 1.95. The van der Waals surface area contributed by atoms with Gasteiger partial charge in [0.05, 0.1) is 0 Å². The lowest BCUT2D eigenvalue weighted by Crippen LogP contribution is -2.17. The van der Waals surface area contributed by atoms with E-state index in [-0.39, 0.29) is 6.61 Å². The van der Waals surface area contributed by atoms with E-state index >= 15 is 0 Å². The van der Waals surface area contributed by atoms with Crippen molar-refractivity contribution >= 4 is 17.3 Å². The SMILES string of the molecule is O=Cc1cn(CCCOCC(F)(F)F)c2ncccc12. The molecule has 2 aromatic rings. The highest BCUT2D eigenvalue weighted by Crippen LogP contribution is 2.18. The van der Waals surface area contributed by atoms with Crippen LogP contribution in [0.1, 0.15) is 16.8 Å². The van der Waals surface area contributed by atoms with Gasteiger partial charge in [0.15, 0.2) is 6.29 Å². The predicted molar refractivity (Wildman–Crippen MR) is 66.6 cm³/mol. The van der Waals surface area contributed by atoms with Crippen LogP contribution in [0.2, 0.25) is 0 Å². The normalized spacial score (nSPS) is 11.9. The highest BCUT2D eigenvalue weighted by molar-refractivity contribution is 5.95. The molecule has 2 rings (SSSR count). The molecule has 0 saturated carbocycles. The van der Waals surface area contributed by atoms with Crippen molar-refractivity contribution in [3.05, 3.63) is 30.1 Å². The molecule has 0 bridgehead atoms. The standard InChI is InChI=1S/C13H13F3N2O2/c14-13(15,16)9-20-6-2-5-18-7-10(8-19)11-3-1-4-17-12(11)18/h1,3-4,7-8H,2,5-6,9H2. The van der Waals surface area contributed by atoms with Crippen molar-refractivity contribution in [2.24, 2.45) is 0 Å². The fourth-order valence-corrected chi connectivity index (χ4v) is 1.94. The maximum absolute atomic E-state index is 11.9. The number of hydrogen-bond donors (Lipinski definition) is 0. The number of alkyl halides is 3. The van der Waals surface area contributed by atoms with E-state index in [0.29, 0.717) is 24.2 Å². The van der Waals surface area contributed by atoms with Crippen LogP contribution in [0.3, 0.4) is 0 Å². The van der Waals surface area contributed by atoms with E-state index in [4.69, 9.17) is 0 Å². The summed E-state index contributed by atoms with van der Waals surface area (Å²) in [6.07, 6.45) is 0.101. The van der Waals surface area contributed by atoms with Gasteiger partial charge in [0, 0.05) is 36.5 Å². The van der Waals surface area contributed by atoms with E-state index in [9.17, 15) is 18.0 Å². The number of fused-ring (bicyclic) bond motifs is 1. The fourth-order valence-electron chi connectivity index (χ4n) is 1.94. The topological polar surface area (TPSA) is 44.1 Å². The number of aromatic nitrogens is 2. The van der Waals surface area contributed by atoms with Crippen molar-refractivity contribution in [2.45, 2.75) is 19.1 Å². The zero-order valence-electron chi connectivity index (χ0n) is 10.6. The average molecular weight is 286 g/mol. The Hall–Kier alpha value is -1.89. The minimum atomic E-state index is -4.30. The second kappa shape index (κ2) is 6.04. The van der Waals surface area contributed by atoms with Crippen molar-refractivity contribution in [2.75, 3.05) is 13.2 Å². The molecule has 0 aliphatic rings. The molecular weight excluding hydrogens is 273 g/mol. The number of carbonyl (C=O) groups is 1. The summed E-state index contributed by atoms with van der Waals surface area (Å²) in [5.41, 5.74) is 1.16. The third kappa shape index (κ3) is 3.57. The third-order valence-electron chi connectivity index (χ3n) is 2.75. The van der Waals surface area contributed by atoms with Crippen LogP contribution < -0.4 is 0 Å². The van der Waals surface area contributed by atoms with Crippen LogP contribution in [0.15, 0.2) is 24.5 Å². The zero-order chi connectivity index (χ0) is 14.6. The van der Waals surface area contributed by atoms with Gasteiger partial charge in [-0.1, -0.05) is 0 Å². The molecular formula is C13H13F3N2O2. The molecule has 0 aliphatic carbocycles. The number of aldehydes is 1. The van der Waals surface area contributed by atoms with Crippen LogP contribution in [0, 0.1) is 0 Å². The van der Waals surface area contributed by atoms with Gasteiger partial charge >= 0.3 is 6.18 Å². The van der Waals surface area contributed by atoms with E-state index in [1.165, 1.54) is 0 Å². The summed E-state index contributed by atoms with van der Waals surface area (Å²) in [4.78, 5) is 15.1. The summed E-state index contributed by atoms with van der Waals surface area (Å²) in [5, 5.41) is 0.735. The smallest absolute Gasteiger partial charge is 0.372 e. The van der Waals surface area contributed by atoms with Gasteiger partial charge in [-0.25, -0.2) is 4.98 Å². The van der Waals surface area contributed by atoms with Crippen LogP contribution in [0.25, 0.3) is 11.0 Å². The van der Waals surface area contributed by atoms with Crippen molar-refractivity contribution < 1.29 is 22.7 Å². The number of halogens is 3. The lowest BCUT2D eigenvalue weighted by molar-refractivity contribution is -0.174. The molecule has 0 aromatic carbocycles. The first-order valence-corrected chi connectivity index (χ1v) is 6.05. The zero-order valence-corrected chi connectivity index (χ0v) is 10.6. The molecule has 0 saturated heterocycles. The summed E-state index contributed by atoms with van der Waals surface area (Å²) >= 11 is 0. The van der Waals surface area contributed by atoms with Crippen LogP contribution >= 0.6 is 0 Å². The Kier molecular flexibility index (Phi) is 4.39. The van der Waals surface area contributed by atoms with Gasteiger partial charge in [-0.3, -0.25) is 4.79 Å².